The number of aromatic nitrogens is 1. The molecule has 0 amide bonds. The summed E-state index contributed by atoms with van der Waals surface area (Å²) in [6.45, 7) is 2.56. The Hall–Kier alpha value is -2.68. The van der Waals surface area contributed by atoms with Crippen molar-refractivity contribution in [2.45, 2.75) is 19.0 Å². The average Bonchev–Trinajstić information content (AvgIpc) is 3.00. The van der Waals surface area contributed by atoms with Crippen molar-refractivity contribution in [3.05, 3.63) is 34.4 Å². The van der Waals surface area contributed by atoms with Gasteiger partial charge in [-0.05, 0) is 18.6 Å². The van der Waals surface area contributed by atoms with Crippen LogP contribution in [0.4, 0.5) is 19.3 Å². The number of alkyl halides is 1. The van der Waals surface area contributed by atoms with E-state index in [1.165, 1.54) is 4.57 Å². The number of pyridine rings is 1. The number of anilines is 1. The minimum atomic E-state index is -1.66. The summed E-state index contributed by atoms with van der Waals surface area (Å²) in [7, 11) is 0. The first kappa shape index (κ1) is 17.7. The summed E-state index contributed by atoms with van der Waals surface area (Å²) < 4.78 is 33.8. The molecule has 0 spiro atoms. The maximum absolute atomic E-state index is 14.9. The minimum Gasteiger partial charge on any atom is -0.449 e. The molecule has 0 radical (unpaired) electrons. The molecule has 2 saturated heterocycles. The molecule has 2 aliphatic heterocycles. The number of ether oxygens (including phenoxy) is 1. The average molecular weight is 379 g/mol. The highest BCUT2D eigenvalue weighted by Crippen LogP contribution is 2.31. The van der Waals surface area contributed by atoms with Crippen LogP contribution in [-0.4, -0.2) is 59.6 Å². The third kappa shape index (κ3) is 3.12. The van der Waals surface area contributed by atoms with Crippen molar-refractivity contribution in [3.63, 3.8) is 0 Å². The molecule has 2 aromatic rings. The van der Waals surface area contributed by atoms with Gasteiger partial charge in [-0.3, -0.25) is 9.69 Å². The number of aryl methyl sites for hydroxylation is 1. The summed E-state index contributed by atoms with van der Waals surface area (Å²) >= 11 is 0. The van der Waals surface area contributed by atoms with Crippen LogP contribution in [0.5, 0.6) is 5.75 Å². The first-order valence-corrected chi connectivity index (χ1v) is 8.80. The Morgan fingerprint density at radius 3 is 2.85 bits per heavy atom. The zero-order valence-corrected chi connectivity index (χ0v) is 14.5. The minimum absolute atomic E-state index is 0.0338. The van der Waals surface area contributed by atoms with Gasteiger partial charge in [-0.2, -0.15) is 0 Å². The standard InChI is InChI=1S/C18H19F2N3O4/c19-2-4-22-10-16(27-18(25)26)17(24)12-7-13(20)15(8-14(12)22)23-6-5-21-3-1-11(23)9-21/h7-8,10-11H,1-6,9H2,(H,25,26). The van der Waals surface area contributed by atoms with E-state index < -0.39 is 29.8 Å². The molecule has 2 atom stereocenters. The van der Waals surface area contributed by atoms with Crippen LogP contribution in [-0.2, 0) is 6.54 Å². The summed E-state index contributed by atoms with van der Waals surface area (Å²) in [5.74, 6) is -1.03. The highest BCUT2D eigenvalue weighted by molar-refractivity contribution is 5.85. The van der Waals surface area contributed by atoms with Crippen LogP contribution < -0.4 is 15.1 Å². The third-order valence-corrected chi connectivity index (χ3v) is 5.29. The largest absolute Gasteiger partial charge is 0.511 e. The van der Waals surface area contributed by atoms with Crippen molar-refractivity contribution in [2.75, 3.05) is 37.8 Å². The van der Waals surface area contributed by atoms with Gasteiger partial charge in [0.1, 0.15) is 12.5 Å². The Morgan fingerprint density at radius 2 is 2.11 bits per heavy atom. The summed E-state index contributed by atoms with van der Waals surface area (Å²) in [4.78, 5) is 27.6. The molecule has 0 aliphatic carbocycles. The summed E-state index contributed by atoms with van der Waals surface area (Å²) in [6.07, 6.45) is 0.447. The number of halogens is 2. The molecule has 1 N–H and O–H groups in total. The zero-order chi connectivity index (χ0) is 19.1. The summed E-state index contributed by atoms with van der Waals surface area (Å²) in [6, 6.07) is 2.86. The number of nitrogens with zero attached hydrogens (tertiary/aromatic N) is 3. The second-order valence-corrected chi connectivity index (χ2v) is 6.83. The second kappa shape index (κ2) is 6.80. The van der Waals surface area contributed by atoms with Crippen molar-refractivity contribution >= 4 is 22.7 Å². The lowest BCUT2D eigenvalue weighted by Gasteiger charge is -2.36. The number of hydrogen-bond acceptors (Lipinski definition) is 5. The number of rotatable bonds is 4. The van der Waals surface area contributed by atoms with Crippen LogP contribution in [0.1, 0.15) is 6.42 Å². The Balaban J connectivity index is 1.86. The maximum atomic E-state index is 14.9. The van der Waals surface area contributed by atoms with E-state index in [1.807, 2.05) is 4.90 Å². The van der Waals surface area contributed by atoms with Crippen molar-refractivity contribution < 1.29 is 23.4 Å². The number of carbonyl (C=O) groups is 1. The highest BCUT2D eigenvalue weighted by atomic mass is 19.1. The molecule has 4 rings (SSSR count). The van der Waals surface area contributed by atoms with Gasteiger partial charge >= 0.3 is 6.16 Å². The fourth-order valence-corrected chi connectivity index (χ4v) is 4.05. The molecule has 2 unspecified atom stereocenters. The van der Waals surface area contributed by atoms with Gasteiger partial charge in [-0.1, -0.05) is 0 Å². The highest BCUT2D eigenvalue weighted by Gasteiger charge is 2.34. The van der Waals surface area contributed by atoms with Crippen molar-refractivity contribution in [1.82, 2.24) is 9.47 Å². The monoisotopic (exact) mass is 379 g/mol. The molecule has 0 saturated carbocycles. The fourth-order valence-electron chi connectivity index (χ4n) is 4.05. The molecule has 7 nitrogen and oxygen atoms in total. The van der Waals surface area contributed by atoms with Gasteiger partial charge in [-0.15, -0.1) is 0 Å². The lowest BCUT2D eigenvalue weighted by Crippen LogP contribution is -2.47. The zero-order valence-electron chi connectivity index (χ0n) is 14.5. The Kier molecular flexibility index (Phi) is 4.47. The smallest absolute Gasteiger partial charge is 0.449 e. The molecule has 9 heteroatoms. The SMILES string of the molecule is O=C(O)Oc1cn(CCF)c2cc(N3CCN4CCC3C4)c(F)cc2c1=O. The predicted molar refractivity (Wildman–Crippen MR) is 95.0 cm³/mol. The summed E-state index contributed by atoms with van der Waals surface area (Å²) in [5.41, 5.74) is -0.00109. The van der Waals surface area contributed by atoms with Gasteiger partial charge in [-0.25, -0.2) is 13.6 Å². The van der Waals surface area contributed by atoms with E-state index in [9.17, 15) is 18.4 Å². The van der Waals surface area contributed by atoms with E-state index in [-0.39, 0.29) is 18.0 Å². The number of benzene rings is 1. The first-order valence-electron chi connectivity index (χ1n) is 8.80. The normalized spacial score (nSPS) is 21.6. The van der Waals surface area contributed by atoms with Gasteiger partial charge in [0.15, 0.2) is 5.75 Å². The predicted octanol–water partition coefficient (Wildman–Crippen LogP) is 2.06. The molecule has 1 aromatic heterocycles. The molecule has 3 heterocycles. The van der Waals surface area contributed by atoms with Crippen LogP contribution in [0.3, 0.4) is 0 Å². The number of fused-ring (bicyclic) bond motifs is 3. The fraction of sp³-hybridized carbons (Fsp3) is 0.444. The molecule has 2 fully saturated rings. The lowest BCUT2D eigenvalue weighted by molar-refractivity contribution is 0.143. The van der Waals surface area contributed by atoms with Gasteiger partial charge < -0.3 is 19.3 Å². The Bertz CT molecular complexity index is 962. The topological polar surface area (TPSA) is 75.0 Å². The Morgan fingerprint density at radius 1 is 1.30 bits per heavy atom. The number of hydrogen-bond donors (Lipinski definition) is 1. The van der Waals surface area contributed by atoms with Crippen LogP contribution in [0, 0.1) is 5.82 Å². The van der Waals surface area contributed by atoms with Gasteiger partial charge in [0, 0.05) is 32.2 Å². The van der Waals surface area contributed by atoms with Crippen LogP contribution in [0.2, 0.25) is 0 Å². The molecule has 2 bridgehead atoms. The van der Waals surface area contributed by atoms with E-state index in [1.54, 1.807) is 6.07 Å². The van der Waals surface area contributed by atoms with Crippen LogP contribution in [0.15, 0.2) is 23.1 Å². The third-order valence-electron chi connectivity index (χ3n) is 5.29. The van der Waals surface area contributed by atoms with Crippen molar-refractivity contribution in [3.8, 4) is 5.75 Å². The summed E-state index contributed by atoms with van der Waals surface area (Å²) in [5, 5.41) is 8.75. The van der Waals surface area contributed by atoms with E-state index in [4.69, 9.17) is 5.11 Å². The lowest BCUT2D eigenvalue weighted by atomic mass is 10.1. The molecular formula is C18H19F2N3O4. The van der Waals surface area contributed by atoms with E-state index in [2.05, 4.69) is 9.64 Å². The molecule has 1 aromatic carbocycles. The van der Waals surface area contributed by atoms with Crippen LogP contribution in [0.25, 0.3) is 10.9 Å². The van der Waals surface area contributed by atoms with E-state index in [0.717, 1.165) is 38.3 Å². The quantitative estimate of drug-likeness (QED) is 0.820. The number of carboxylic acid groups (broad SMARTS) is 1. The Labute approximate surface area is 153 Å². The van der Waals surface area contributed by atoms with Gasteiger partial charge in [0.25, 0.3) is 0 Å². The molecule has 27 heavy (non-hydrogen) atoms. The van der Waals surface area contributed by atoms with Crippen molar-refractivity contribution in [2.24, 2.45) is 0 Å². The van der Waals surface area contributed by atoms with Crippen LogP contribution >= 0.6 is 0 Å². The molecular weight excluding hydrogens is 360 g/mol. The molecule has 144 valence electrons. The molecule has 2 aliphatic rings. The number of piperazine rings is 1. The first-order chi connectivity index (χ1) is 13.0. The van der Waals surface area contributed by atoms with E-state index >= 15 is 0 Å². The van der Waals surface area contributed by atoms with Gasteiger partial charge in [0.05, 0.1) is 29.3 Å². The van der Waals surface area contributed by atoms with Gasteiger partial charge in [0.2, 0.25) is 5.43 Å². The van der Waals surface area contributed by atoms with Crippen molar-refractivity contribution in [1.29, 1.82) is 0 Å². The maximum Gasteiger partial charge on any atom is 0.511 e. The van der Waals surface area contributed by atoms with E-state index in [0.29, 0.717) is 17.7 Å². The second-order valence-electron chi connectivity index (χ2n) is 6.83.